The maximum Gasteiger partial charge on any atom is 0.300 e. The highest BCUT2D eigenvalue weighted by molar-refractivity contribution is 5.94. The number of aryl methyl sites for hydroxylation is 2. The van der Waals surface area contributed by atoms with E-state index >= 15 is 0 Å². The lowest BCUT2D eigenvalue weighted by Gasteiger charge is -2.12. The lowest BCUT2D eigenvalue weighted by Crippen LogP contribution is -2.05. The van der Waals surface area contributed by atoms with E-state index in [1.54, 1.807) is 0 Å². The van der Waals surface area contributed by atoms with Crippen molar-refractivity contribution >= 4 is 50.5 Å². The molecule has 0 spiro atoms. The quantitative estimate of drug-likeness (QED) is 0.148. The van der Waals surface area contributed by atoms with Crippen LogP contribution in [0.4, 0.5) is 22.7 Å². The molecule has 8 nitrogen and oxygen atoms in total. The van der Waals surface area contributed by atoms with Crippen molar-refractivity contribution in [3.63, 3.8) is 0 Å². The molecule has 190 valence electrons. The summed E-state index contributed by atoms with van der Waals surface area (Å²) in [5.41, 5.74) is 19.5. The molecule has 0 bridgehead atoms. The van der Waals surface area contributed by atoms with Gasteiger partial charge in [0.05, 0.1) is 11.0 Å². The fourth-order valence-corrected chi connectivity index (χ4v) is 4.10. The van der Waals surface area contributed by atoms with Gasteiger partial charge in [-0.05, 0) is 75.2 Å². The van der Waals surface area contributed by atoms with Crippen LogP contribution in [0.25, 0.3) is 21.8 Å². The summed E-state index contributed by atoms with van der Waals surface area (Å²) in [7, 11) is 0. The normalized spacial score (nSPS) is 10.6. The summed E-state index contributed by atoms with van der Waals surface area (Å²) in [6, 6.07) is 16.0. The Hall–Kier alpha value is -4.07. The van der Waals surface area contributed by atoms with Gasteiger partial charge < -0.3 is 27.2 Å². The summed E-state index contributed by atoms with van der Waals surface area (Å²) < 4.78 is 0. The van der Waals surface area contributed by atoms with Crippen molar-refractivity contribution in [3.05, 3.63) is 59.9 Å². The van der Waals surface area contributed by atoms with E-state index in [9.17, 15) is 0 Å². The fraction of sp³-hybridized carbons (Fsp3) is 0.321. The monoisotopic (exact) mass is 488 g/mol. The number of hydrogen-bond acceptors (Lipinski definition) is 7. The smallest absolute Gasteiger partial charge is 0.300 e. The number of pyridine rings is 2. The summed E-state index contributed by atoms with van der Waals surface area (Å²) in [5.74, 6) is -0.833. The van der Waals surface area contributed by atoms with Crippen LogP contribution in [0.5, 0.6) is 0 Å². The molecule has 36 heavy (non-hydrogen) atoms. The number of carboxylic acid groups (broad SMARTS) is 1. The van der Waals surface area contributed by atoms with Crippen molar-refractivity contribution < 1.29 is 9.90 Å². The molecule has 0 aliphatic heterocycles. The Morgan fingerprint density at radius 1 is 0.750 bits per heavy atom. The molecule has 0 aliphatic rings. The van der Waals surface area contributed by atoms with Crippen LogP contribution in [-0.2, 0) is 4.79 Å². The van der Waals surface area contributed by atoms with Gasteiger partial charge in [-0.1, -0.05) is 12.8 Å². The Labute approximate surface area is 212 Å². The van der Waals surface area contributed by atoms with Crippen molar-refractivity contribution in [1.29, 1.82) is 0 Å². The molecule has 0 atom stereocenters. The topological polar surface area (TPSA) is 139 Å². The number of nitrogens with one attached hydrogen (secondary N) is 2. The molecule has 7 N–H and O–H groups in total. The van der Waals surface area contributed by atoms with Crippen molar-refractivity contribution in [2.75, 3.05) is 35.2 Å². The van der Waals surface area contributed by atoms with E-state index in [0.29, 0.717) is 0 Å². The second-order valence-electron chi connectivity index (χ2n) is 8.96. The van der Waals surface area contributed by atoms with E-state index in [2.05, 4.69) is 32.7 Å². The number of benzene rings is 2. The average Bonchev–Trinajstić information content (AvgIpc) is 2.79. The second-order valence-corrected chi connectivity index (χ2v) is 8.96. The number of aliphatic carboxylic acids is 1. The van der Waals surface area contributed by atoms with E-state index in [1.165, 1.54) is 12.8 Å². The van der Waals surface area contributed by atoms with Crippen molar-refractivity contribution in [3.8, 4) is 0 Å². The molecule has 2 aromatic carbocycles. The predicted molar refractivity (Wildman–Crippen MR) is 151 cm³/mol. The summed E-state index contributed by atoms with van der Waals surface area (Å²) in [4.78, 5) is 18.2. The highest BCUT2D eigenvalue weighted by Crippen LogP contribution is 2.26. The summed E-state index contributed by atoms with van der Waals surface area (Å²) in [6.07, 6.45) is 4.65. The van der Waals surface area contributed by atoms with Crippen LogP contribution in [0, 0.1) is 13.8 Å². The number of nitrogens with zero attached hydrogens (tertiary/aromatic N) is 2. The number of carboxylic acids is 1. The maximum atomic E-state index is 9.00. The van der Waals surface area contributed by atoms with E-state index in [1.807, 2.05) is 50.2 Å². The van der Waals surface area contributed by atoms with Gasteiger partial charge in [-0.3, -0.25) is 14.8 Å². The Kier molecular flexibility index (Phi) is 9.27. The third kappa shape index (κ3) is 7.73. The number of rotatable bonds is 9. The predicted octanol–water partition coefficient (Wildman–Crippen LogP) is 5.74. The first-order chi connectivity index (χ1) is 17.2. The van der Waals surface area contributed by atoms with E-state index in [0.717, 1.165) is 88.8 Å². The minimum absolute atomic E-state index is 0.745. The van der Waals surface area contributed by atoms with Gasteiger partial charge in [-0.2, -0.15) is 0 Å². The van der Waals surface area contributed by atoms with E-state index < -0.39 is 5.97 Å². The van der Waals surface area contributed by atoms with Gasteiger partial charge in [0.2, 0.25) is 0 Å². The first-order valence-corrected chi connectivity index (χ1v) is 12.2. The molecule has 0 fully saturated rings. The summed E-state index contributed by atoms with van der Waals surface area (Å²) >= 11 is 0. The number of fused-ring (bicyclic) bond motifs is 2. The summed E-state index contributed by atoms with van der Waals surface area (Å²) in [5, 5.41) is 16.8. The van der Waals surface area contributed by atoms with Gasteiger partial charge >= 0.3 is 0 Å². The van der Waals surface area contributed by atoms with Gasteiger partial charge in [0, 0.05) is 64.9 Å². The number of carbonyl (C=O) groups is 1. The molecule has 4 aromatic rings. The Morgan fingerprint density at radius 2 is 1.14 bits per heavy atom. The minimum Gasteiger partial charge on any atom is -0.481 e. The molecular formula is C28H36N6O2. The second kappa shape index (κ2) is 12.6. The Balaban J connectivity index is 0.000000840. The zero-order valence-electron chi connectivity index (χ0n) is 21.3. The number of hydrogen-bond donors (Lipinski definition) is 5. The van der Waals surface area contributed by atoms with Gasteiger partial charge in [0.25, 0.3) is 5.97 Å². The van der Waals surface area contributed by atoms with E-state index in [-0.39, 0.29) is 0 Å². The van der Waals surface area contributed by atoms with Crippen LogP contribution < -0.4 is 22.1 Å². The van der Waals surface area contributed by atoms with Crippen molar-refractivity contribution in [2.24, 2.45) is 0 Å². The molecule has 0 radical (unpaired) electrons. The van der Waals surface area contributed by atoms with Crippen molar-refractivity contribution in [2.45, 2.75) is 46.5 Å². The third-order valence-corrected chi connectivity index (χ3v) is 5.66. The molecule has 0 aliphatic carbocycles. The first-order valence-electron chi connectivity index (χ1n) is 12.2. The average molecular weight is 489 g/mol. The third-order valence-electron chi connectivity index (χ3n) is 5.66. The molecule has 2 heterocycles. The lowest BCUT2D eigenvalue weighted by molar-refractivity contribution is -0.134. The SMILES string of the molecule is CC(=O)O.Cc1cc(NCCCCCCNc2cc(C)nc3cc(N)ccc23)c2ccc(N)cc2n1. The number of nitrogens with two attached hydrogens (primary N) is 2. The maximum absolute atomic E-state index is 9.00. The molecule has 0 amide bonds. The number of anilines is 4. The van der Waals surface area contributed by atoms with E-state index in [4.69, 9.17) is 21.4 Å². The number of aromatic nitrogens is 2. The largest absolute Gasteiger partial charge is 0.481 e. The highest BCUT2D eigenvalue weighted by atomic mass is 16.4. The zero-order valence-corrected chi connectivity index (χ0v) is 21.3. The van der Waals surface area contributed by atoms with Gasteiger partial charge in [-0.25, -0.2) is 0 Å². The molecular weight excluding hydrogens is 452 g/mol. The number of nitrogen functional groups attached to an aromatic ring is 2. The van der Waals surface area contributed by atoms with Crippen LogP contribution in [0.15, 0.2) is 48.5 Å². The molecule has 0 saturated carbocycles. The van der Waals surface area contributed by atoms with Gasteiger partial charge in [0.1, 0.15) is 0 Å². The standard InChI is InChI=1S/C26H32N6.C2H4O2/c1-17-13-23(21-9-7-19(27)15-25(21)31-17)29-11-5-3-4-6-12-30-24-14-18(2)32-26-16-20(28)8-10-22(24)26;1-2(3)4/h7-10,13-16H,3-6,11-12,27-28H2,1-2H3,(H,29,31)(H,30,32);1H3,(H,3,4). The van der Waals surface area contributed by atoms with Crippen LogP contribution in [0.3, 0.4) is 0 Å². The van der Waals surface area contributed by atoms with Crippen LogP contribution in [0.2, 0.25) is 0 Å². The minimum atomic E-state index is -0.833. The van der Waals surface area contributed by atoms with Crippen LogP contribution in [0.1, 0.15) is 44.0 Å². The van der Waals surface area contributed by atoms with Crippen LogP contribution >= 0.6 is 0 Å². The Bertz CT molecular complexity index is 1230. The molecule has 4 rings (SSSR count). The lowest BCUT2D eigenvalue weighted by atomic mass is 10.1. The molecule has 0 saturated heterocycles. The zero-order chi connectivity index (χ0) is 26.1. The number of unbranched alkanes of at least 4 members (excludes halogenated alkanes) is 3. The molecule has 8 heteroatoms. The fourth-order valence-electron chi connectivity index (χ4n) is 4.10. The Morgan fingerprint density at radius 3 is 1.53 bits per heavy atom. The van der Waals surface area contributed by atoms with Crippen LogP contribution in [-0.4, -0.2) is 34.1 Å². The van der Waals surface area contributed by atoms with Gasteiger partial charge in [0.15, 0.2) is 0 Å². The molecule has 0 unspecified atom stereocenters. The van der Waals surface area contributed by atoms with Crippen molar-refractivity contribution in [1.82, 2.24) is 9.97 Å². The first kappa shape index (κ1) is 26.5. The van der Waals surface area contributed by atoms with Gasteiger partial charge in [-0.15, -0.1) is 0 Å². The molecule has 2 aromatic heterocycles. The summed E-state index contributed by atoms with van der Waals surface area (Å²) in [6.45, 7) is 7.02. The highest BCUT2D eigenvalue weighted by Gasteiger charge is 2.06.